The Kier molecular flexibility index (Phi) is 5.00. The molecule has 0 bridgehead atoms. The third-order valence-corrected chi connectivity index (χ3v) is 3.96. The molecule has 0 aromatic heterocycles. The van der Waals surface area contributed by atoms with Gasteiger partial charge in [-0.1, -0.05) is 18.2 Å². The zero-order valence-corrected chi connectivity index (χ0v) is 12.7. The van der Waals surface area contributed by atoms with Crippen molar-refractivity contribution in [1.29, 1.82) is 0 Å². The maximum Gasteiger partial charge on any atom is 0.276 e. The van der Waals surface area contributed by atoms with E-state index in [1.165, 1.54) is 24.4 Å². The average Bonchev–Trinajstić information content (AvgIpc) is 2.51. The molecule has 2 N–H and O–H groups in total. The number of hydrogen-bond donors (Lipinski definition) is 2. The molecule has 2 rings (SSSR count). The molecule has 0 spiro atoms. The Bertz CT molecular complexity index is 758. The minimum absolute atomic E-state index is 0.0175. The molecule has 6 nitrogen and oxygen atoms in total. The standard InChI is InChI=1S/C15H16N2O4S/c1-2-21-15-10-12(8-9-14(15)18)11-16-17-22(19,20)13-6-4-3-5-7-13/h3-11,17-18H,2H2,1H3/b16-11-. The number of hydrazone groups is 1. The summed E-state index contributed by atoms with van der Waals surface area (Å²) >= 11 is 0. The first-order valence-corrected chi connectivity index (χ1v) is 8.07. The molecule has 0 aliphatic heterocycles. The largest absolute Gasteiger partial charge is 0.504 e. The van der Waals surface area contributed by atoms with Gasteiger partial charge in [-0.15, -0.1) is 0 Å². The van der Waals surface area contributed by atoms with Crippen LogP contribution in [0.1, 0.15) is 12.5 Å². The minimum Gasteiger partial charge on any atom is -0.504 e. The van der Waals surface area contributed by atoms with Crippen molar-refractivity contribution in [2.24, 2.45) is 5.10 Å². The van der Waals surface area contributed by atoms with Crippen LogP contribution in [0.4, 0.5) is 0 Å². The number of ether oxygens (including phenoxy) is 1. The summed E-state index contributed by atoms with van der Waals surface area (Å²) in [5.74, 6) is 0.334. The summed E-state index contributed by atoms with van der Waals surface area (Å²) in [4.78, 5) is 2.26. The molecular weight excluding hydrogens is 304 g/mol. The Labute approximate surface area is 129 Å². The van der Waals surface area contributed by atoms with Crippen molar-refractivity contribution in [2.75, 3.05) is 6.61 Å². The second-order valence-corrected chi connectivity index (χ2v) is 5.99. The van der Waals surface area contributed by atoms with E-state index in [0.29, 0.717) is 17.9 Å². The van der Waals surface area contributed by atoms with Gasteiger partial charge in [0.2, 0.25) is 0 Å². The molecule has 0 saturated heterocycles. The van der Waals surface area contributed by atoms with E-state index in [4.69, 9.17) is 4.74 Å². The van der Waals surface area contributed by atoms with Crippen molar-refractivity contribution >= 4 is 16.2 Å². The van der Waals surface area contributed by atoms with E-state index in [2.05, 4.69) is 9.93 Å². The van der Waals surface area contributed by atoms with Crippen molar-refractivity contribution in [1.82, 2.24) is 4.83 Å². The van der Waals surface area contributed by atoms with Gasteiger partial charge >= 0.3 is 0 Å². The van der Waals surface area contributed by atoms with Crippen LogP contribution in [0.5, 0.6) is 11.5 Å². The van der Waals surface area contributed by atoms with Gasteiger partial charge in [0.05, 0.1) is 17.7 Å². The molecule has 0 atom stereocenters. The number of benzene rings is 2. The lowest BCUT2D eigenvalue weighted by atomic mass is 10.2. The van der Waals surface area contributed by atoms with Crippen LogP contribution < -0.4 is 9.57 Å². The summed E-state index contributed by atoms with van der Waals surface area (Å²) in [6.07, 6.45) is 1.34. The van der Waals surface area contributed by atoms with E-state index in [9.17, 15) is 13.5 Å². The van der Waals surface area contributed by atoms with Crippen LogP contribution in [0.15, 0.2) is 58.5 Å². The quantitative estimate of drug-likeness (QED) is 0.630. The van der Waals surface area contributed by atoms with Gasteiger partial charge in [-0.3, -0.25) is 0 Å². The van der Waals surface area contributed by atoms with Crippen molar-refractivity contribution in [3.05, 3.63) is 54.1 Å². The van der Waals surface area contributed by atoms with Crippen LogP contribution >= 0.6 is 0 Å². The maximum atomic E-state index is 12.0. The van der Waals surface area contributed by atoms with E-state index in [1.807, 2.05) is 0 Å². The van der Waals surface area contributed by atoms with Crippen LogP contribution in [-0.2, 0) is 10.0 Å². The number of nitrogens with zero attached hydrogens (tertiary/aromatic N) is 1. The van der Waals surface area contributed by atoms with Gasteiger partial charge in [0.1, 0.15) is 0 Å². The first-order chi connectivity index (χ1) is 10.5. The Hall–Kier alpha value is -2.54. The lowest BCUT2D eigenvalue weighted by Gasteiger charge is -2.06. The topological polar surface area (TPSA) is 88.0 Å². The second kappa shape index (κ2) is 6.95. The summed E-state index contributed by atoms with van der Waals surface area (Å²) in [5.41, 5.74) is 0.594. The second-order valence-electron chi connectivity index (χ2n) is 4.33. The highest BCUT2D eigenvalue weighted by Gasteiger charge is 2.11. The fourth-order valence-corrected chi connectivity index (χ4v) is 2.52. The maximum absolute atomic E-state index is 12.0. The predicted molar refractivity (Wildman–Crippen MR) is 83.6 cm³/mol. The van der Waals surface area contributed by atoms with Gasteiger partial charge in [-0.2, -0.15) is 13.5 Å². The monoisotopic (exact) mass is 320 g/mol. The fraction of sp³-hybridized carbons (Fsp3) is 0.133. The Balaban J connectivity index is 2.11. The molecule has 22 heavy (non-hydrogen) atoms. The highest BCUT2D eigenvalue weighted by Crippen LogP contribution is 2.26. The number of phenolic OH excluding ortho intramolecular Hbond substituents is 1. The van der Waals surface area contributed by atoms with Gasteiger partial charge in [-0.25, -0.2) is 4.83 Å². The molecule has 0 unspecified atom stereocenters. The Morgan fingerprint density at radius 3 is 2.64 bits per heavy atom. The molecule has 0 saturated carbocycles. The summed E-state index contributed by atoms with van der Waals surface area (Å²) in [5, 5.41) is 13.3. The van der Waals surface area contributed by atoms with E-state index < -0.39 is 10.0 Å². The van der Waals surface area contributed by atoms with Crippen LogP contribution in [0.3, 0.4) is 0 Å². The molecule has 0 amide bonds. The van der Waals surface area contributed by atoms with E-state index in [0.717, 1.165) is 0 Å². The van der Waals surface area contributed by atoms with Gasteiger partial charge < -0.3 is 9.84 Å². The number of sulfonamides is 1. The number of phenols is 1. The normalized spacial score (nSPS) is 11.5. The molecule has 0 fully saturated rings. The molecule has 116 valence electrons. The van der Waals surface area contributed by atoms with E-state index in [-0.39, 0.29) is 10.6 Å². The van der Waals surface area contributed by atoms with E-state index >= 15 is 0 Å². The molecule has 2 aromatic rings. The highest BCUT2D eigenvalue weighted by molar-refractivity contribution is 7.89. The minimum atomic E-state index is -3.69. The SMILES string of the molecule is CCOc1cc(/C=N\NS(=O)(=O)c2ccccc2)ccc1O. The van der Waals surface area contributed by atoms with Crippen molar-refractivity contribution in [3.8, 4) is 11.5 Å². The first-order valence-electron chi connectivity index (χ1n) is 6.58. The number of hydrogen-bond acceptors (Lipinski definition) is 5. The van der Waals surface area contributed by atoms with Crippen LogP contribution in [-0.4, -0.2) is 26.3 Å². The first kappa shape index (κ1) is 15.8. The number of rotatable bonds is 6. The zero-order valence-electron chi connectivity index (χ0n) is 11.9. The number of aromatic hydroxyl groups is 1. The third kappa shape index (κ3) is 3.98. The van der Waals surface area contributed by atoms with Crippen LogP contribution in [0.25, 0.3) is 0 Å². The van der Waals surface area contributed by atoms with Crippen LogP contribution in [0.2, 0.25) is 0 Å². The molecule has 7 heteroatoms. The molecule has 0 aliphatic carbocycles. The lowest BCUT2D eigenvalue weighted by Crippen LogP contribution is -2.18. The Morgan fingerprint density at radius 1 is 1.23 bits per heavy atom. The van der Waals surface area contributed by atoms with Gasteiger partial charge in [0.15, 0.2) is 11.5 Å². The van der Waals surface area contributed by atoms with Crippen molar-refractivity contribution in [2.45, 2.75) is 11.8 Å². The van der Waals surface area contributed by atoms with Gasteiger partial charge in [0.25, 0.3) is 10.0 Å². The average molecular weight is 320 g/mol. The predicted octanol–water partition coefficient (Wildman–Crippen LogP) is 2.10. The van der Waals surface area contributed by atoms with Crippen LogP contribution in [0, 0.1) is 0 Å². The molecule has 0 heterocycles. The third-order valence-electron chi connectivity index (χ3n) is 2.72. The molecular formula is C15H16N2O4S. The Morgan fingerprint density at radius 2 is 1.95 bits per heavy atom. The lowest BCUT2D eigenvalue weighted by molar-refractivity contribution is 0.318. The number of nitrogens with one attached hydrogen (secondary N) is 1. The van der Waals surface area contributed by atoms with Crippen molar-refractivity contribution in [3.63, 3.8) is 0 Å². The van der Waals surface area contributed by atoms with E-state index in [1.54, 1.807) is 37.3 Å². The van der Waals surface area contributed by atoms with Gasteiger partial charge in [-0.05, 0) is 42.8 Å². The smallest absolute Gasteiger partial charge is 0.276 e. The van der Waals surface area contributed by atoms with Gasteiger partial charge in [0, 0.05) is 0 Å². The summed E-state index contributed by atoms with van der Waals surface area (Å²) < 4.78 is 29.2. The fourth-order valence-electron chi connectivity index (χ4n) is 1.70. The molecule has 2 aromatic carbocycles. The highest BCUT2D eigenvalue weighted by atomic mass is 32.2. The summed E-state index contributed by atoms with van der Waals surface area (Å²) in [7, 11) is -3.69. The summed E-state index contributed by atoms with van der Waals surface area (Å²) in [6, 6.07) is 12.6. The summed E-state index contributed by atoms with van der Waals surface area (Å²) in [6.45, 7) is 2.21. The van der Waals surface area contributed by atoms with Crippen molar-refractivity contribution < 1.29 is 18.3 Å². The zero-order chi connectivity index (χ0) is 16.0. The molecule has 0 radical (unpaired) electrons. The molecule has 0 aliphatic rings.